The predicted molar refractivity (Wildman–Crippen MR) is 110 cm³/mol. The summed E-state index contributed by atoms with van der Waals surface area (Å²) in [6.07, 6.45) is -0.680. The first-order chi connectivity index (χ1) is 14.7. The molecule has 4 rings (SSSR count). The predicted octanol–water partition coefficient (Wildman–Crippen LogP) is 2.94. The highest BCUT2D eigenvalue weighted by molar-refractivity contribution is 7.91. The lowest BCUT2D eigenvalue weighted by Crippen LogP contribution is -2.39. The van der Waals surface area contributed by atoms with Crippen LogP contribution in [0.2, 0.25) is 5.02 Å². The normalized spacial score (nSPS) is 28.7. The molecule has 10 heteroatoms. The van der Waals surface area contributed by atoms with Crippen LogP contribution in [0.25, 0.3) is 5.57 Å². The van der Waals surface area contributed by atoms with Crippen LogP contribution in [0, 0.1) is 17.8 Å². The molecule has 0 saturated heterocycles. The van der Waals surface area contributed by atoms with Gasteiger partial charge in [0.1, 0.15) is 17.8 Å². The maximum Gasteiger partial charge on any atom is 0.314 e. The van der Waals surface area contributed by atoms with E-state index < -0.39 is 51.3 Å². The zero-order valence-electron chi connectivity index (χ0n) is 16.8. The molecule has 31 heavy (non-hydrogen) atoms. The minimum atomic E-state index is -3.82. The lowest BCUT2D eigenvalue weighted by molar-refractivity contribution is -0.147. The molecule has 168 valence electrons. The number of sulfone groups is 1. The lowest BCUT2D eigenvalue weighted by atomic mass is 9.71. The van der Waals surface area contributed by atoms with Gasteiger partial charge in [-0.3, -0.25) is 9.59 Å². The Morgan fingerprint density at radius 3 is 2.65 bits per heavy atom. The summed E-state index contributed by atoms with van der Waals surface area (Å²) < 4.78 is 50.6. The largest absolute Gasteiger partial charge is 0.492 e. The third-order valence-corrected chi connectivity index (χ3v) is 8.08. The highest BCUT2D eigenvalue weighted by atomic mass is 35.5. The smallest absolute Gasteiger partial charge is 0.314 e. The molecule has 0 radical (unpaired) electrons. The second kappa shape index (κ2) is 8.18. The van der Waals surface area contributed by atoms with Gasteiger partial charge in [0.25, 0.3) is 0 Å². The van der Waals surface area contributed by atoms with Gasteiger partial charge in [0.15, 0.2) is 15.6 Å². The number of hydrogen-bond acceptors (Lipinski definition) is 6. The van der Waals surface area contributed by atoms with Crippen LogP contribution < -0.4 is 4.74 Å². The zero-order chi connectivity index (χ0) is 22.5. The number of carboxylic acids is 1. The number of Topliss-reactive ketones (excluding diaryl/α,β-unsaturated/α-hetero) is 1. The van der Waals surface area contributed by atoms with Crippen LogP contribution in [0.4, 0.5) is 4.39 Å². The van der Waals surface area contributed by atoms with Gasteiger partial charge in [-0.05, 0) is 35.6 Å². The van der Waals surface area contributed by atoms with E-state index in [-0.39, 0.29) is 40.7 Å². The second-order valence-corrected chi connectivity index (χ2v) is 10.5. The van der Waals surface area contributed by atoms with Gasteiger partial charge in [-0.25, -0.2) is 12.8 Å². The van der Waals surface area contributed by atoms with Crippen molar-refractivity contribution in [2.24, 2.45) is 17.8 Å². The van der Waals surface area contributed by atoms with Crippen molar-refractivity contribution < 1.29 is 37.0 Å². The number of carboxylic acid groups (broad SMARTS) is 1. The number of ketones is 1. The number of benzene rings is 1. The highest BCUT2D eigenvalue weighted by Gasteiger charge is 2.55. The summed E-state index contributed by atoms with van der Waals surface area (Å²) in [6.45, 7) is 0.741. The molecule has 1 aromatic rings. The van der Waals surface area contributed by atoms with Crippen LogP contribution in [-0.2, 0) is 24.2 Å². The molecule has 3 aliphatic rings. The van der Waals surface area contributed by atoms with Crippen molar-refractivity contribution in [3.05, 3.63) is 28.3 Å². The Bertz CT molecular complexity index is 1080. The van der Waals surface area contributed by atoms with Crippen molar-refractivity contribution in [3.63, 3.8) is 0 Å². The average Bonchev–Trinajstić information content (AvgIpc) is 3.41. The lowest BCUT2D eigenvalue weighted by Gasteiger charge is -2.35. The highest BCUT2D eigenvalue weighted by Crippen LogP contribution is 2.54. The van der Waals surface area contributed by atoms with Gasteiger partial charge in [-0.1, -0.05) is 11.6 Å². The molecule has 2 aliphatic carbocycles. The molecule has 1 aromatic carbocycles. The molecule has 0 aromatic heterocycles. The number of aliphatic carboxylic acids is 1. The molecule has 4 atom stereocenters. The van der Waals surface area contributed by atoms with E-state index in [1.165, 1.54) is 12.1 Å². The number of ether oxygens (including phenoxy) is 2. The van der Waals surface area contributed by atoms with Crippen molar-refractivity contribution in [1.29, 1.82) is 0 Å². The van der Waals surface area contributed by atoms with Crippen molar-refractivity contribution in [2.75, 3.05) is 26.1 Å². The monoisotopic (exact) mass is 472 g/mol. The number of carbonyl (C=O) groups excluding carboxylic acids is 1. The van der Waals surface area contributed by atoms with Gasteiger partial charge < -0.3 is 14.6 Å². The fourth-order valence-corrected chi connectivity index (χ4v) is 6.39. The van der Waals surface area contributed by atoms with E-state index in [1.54, 1.807) is 7.11 Å². The number of fused-ring (bicyclic) bond motifs is 2. The quantitative estimate of drug-likeness (QED) is 0.480. The van der Waals surface area contributed by atoms with Crippen molar-refractivity contribution >= 4 is 38.8 Å². The van der Waals surface area contributed by atoms with Crippen LogP contribution in [0.3, 0.4) is 0 Å². The van der Waals surface area contributed by atoms with Gasteiger partial charge in [0.2, 0.25) is 0 Å². The molecule has 2 unspecified atom stereocenters. The van der Waals surface area contributed by atoms with Gasteiger partial charge >= 0.3 is 5.97 Å². The Morgan fingerprint density at radius 1 is 1.32 bits per heavy atom. The third kappa shape index (κ3) is 3.99. The molecule has 7 nitrogen and oxygen atoms in total. The molecular weight excluding hydrogens is 451 g/mol. The first kappa shape index (κ1) is 22.2. The third-order valence-electron chi connectivity index (χ3n) is 6.05. The van der Waals surface area contributed by atoms with Crippen LogP contribution in [0.15, 0.2) is 22.6 Å². The minimum absolute atomic E-state index is 0.0278. The molecular formula is C21H22ClFO7S. The summed E-state index contributed by atoms with van der Waals surface area (Å²) in [5.41, 5.74) is 1.02. The van der Waals surface area contributed by atoms with E-state index in [0.29, 0.717) is 24.2 Å². The fraction of sp³-hybridized carbons (Fsp3) is 0.524. The number of allylic oxidation sites excluding steroid dienone is 1. The van der Waals surface area contributed by atoms with Crippen LogP contribution in [-0.4, -0.2) is 57.5 Å². The number of methoxy groups -OCH3 is 1. The molecule has 1 aliphatic heterocycles. The summed E-state index contributed by atoms with van der Waals surface area (Å²) >= 11 is 6.36. The number of carbonyl (C=O) groups is 2. The molecule has 1 heterocycles. The summed E-state index contributed by atoms with van der Waals surface area (Å²) in [5.74, 6) is -5.10. The minimum Gasteiger partial charge on any atom is -0.492 e. The Labute approximate surface area is 184 Å². The topological polar surface area (TPSA) is 107 Å². The van der Waals surface area contributed by atoms with Crippen LogP contribution >= 0.6 is 11.6 Å². The number of hydrogen-bond donors (Lipinski definition) is 1. The van der Waals surface area contributed by atoms with E-state index in [9.17, 15) is 27.5 Å². The van der Waals surface area contributed by atoms with Crippen LogP contribution in [0.1, 0.15) is 24.8 Å². The van der Waals surface area contributed by atoms with E-state index in [4.69, 9.17) is 21.1 Å². The molecule has 0 amide bonds. The summed E-state index contributed by atoms with van der Waals surface area (Å²) in [7, 11) is -2.26. The van der Waals surface area contributed by atoms with Crippen molar-refractivity contribution in [3.8, 4) is 5.75 Å². The van der Waals surface area contributed by atoms with Crippen molar-refractivity contribution in [2.45, 2.75) is 30.3 Å². The fourth-order valence-electron chi connectivity index (χ4n) is 4.50. The Morgan fingerprint density at radius 2 is 2.03 bits per heavy atom. The van der Waals surface area contributed by atoms with E-state index in [1.807, 2.05) is 0 Å². The Hall–Kier alpha value is -1.97. The average molecular weight is 473 g/mol. The summed E-state index contributed by atoms with van der Waals surface area (Å²) in [4.78, 5) is 24.6. The molecule has 1 fully saturated rings. The van der Waals surface area contributed by atoms with E-state index in [0.717, 1.165) is 0 Å². The van der Waals surface area contributed by atoms with Crippen molar-refractivity contribution in [1.82, 2.24) is 0 Å². The summed E-state index contributed by atoms with van der Waals surface area (Å²) in [5, 5.41) is 9.64. The van der Waals surface area contributed by atoms with Gasteiger partial charge in [-0.2, -0.15) is 0 Å². The van der Waals surface area contributed by atoms with Gasteiger partial charge in [0.05, 0.1) is 22.3 Å². The molecule has 0 bridgehead atoms. The summed E-state index contributed by atoms with van der Waals surface area (Å²) in [6, 6.07) is 2.78. The number of alkyl halides is 1. The number of halogens is 2. The molecule has 1 saturated carbocycles. The maximum absolute atomic E-state index is 14.0. The van der Waals surface area contributed by atoms with E-state index in [2.05, 4.69) is 0 Å². The zero-order valence-corrected chi connectivity index (χ0v) is 18.3. The standard InChI is InChI=1S/C21H22ClFO7S/c1-29-3-2-4-30-16-8-17-12(6-14(16)22)18-10(9-31(17,27)28)5-13(21(25)26)20(24)19(18)11-7-15(11)23/h6,8,11,13,15,19H,2-5,7,9H2,1H3,(H,25,26)/t11-,13?,15+,19?/m1/s1. The Balaban J connectivity index is 1.80. The number of rotatable bonds is 7. The first-order valence-corrected chi connectivity index (χ1v) is 12.0. The second-order valence-electron chi connectivity index (χ2n) is 8.14. The Kier molecular flexibility index (Phi) is 5.87. The SMILES string of the molecule is COCCCOc1cc2c(cc1Cl)C1=C(CC(C(=O)O)C(=O)C1[C@@H]1C[C@@H]1F)CS2(=O)=O. The first-order valence-electron chi connectivity index (χ1n) is 9.96. The molecule has 1 N–H and O–H groups in total. The molecule has 0 spiro atoms. The van der Waals surface area contributed by atoms with E-state index >= 15 is 0 Å². The van der Waals surface area contributed by atoms with Gasteiger partial charge in [-0.15, -0.1) is 0 Å². The van der Waals surface area contributed by atoms with Gasteiger partial charge in [0, 0.05) is 38.0 Å². The van der Waals surface area contributed by atoms with Crippen LogP contribution in [0.5, 0.6) is 5.75 Å². The maximum atomic E-state index is 14.0.